The van der Waals surface area contributed by atoms with Gasteiger partial charge in [0.25, 0.3) is 5.69 Å². The van der Waals surface area contributed by atoms with Crippen molar-refractivity contribution in [3.8, 4) is 0 Å². The van der Waals surface area contributed by atoms with Gasteiger partial charge in [0.15, 0.2) is 0 Å². The molecule has 1 rings (SSSR count). The predicted octanol–water partition coefficient (Wildman–Crippen LogP) is 2.21. The number of nitro groups is 1. The molecule has 5 heteroatoms. The molecule has 0 aromatic heterocycles. The standard InChI is InChI=1S/C8H8FNO2S/c9-7-1-2-8(10(11)12)6(5-7)3-4-13/h1-2,5,13H,3-4H2. The normalized spacial score (nSPS) is 10.0. The summed E-state index contributed by atoms with van der Waals surface area (Å²) >= 11 is 3.94. The molecular formula is C8H8FNO2S. The molecule has 0 spiro atoms. The molecule has 0 fully saturated rings. The maximum atomic E-state index is 12.7. The van der Waals surface area contributed by atoms with Crippen molar-refractivity contribution in [2.24, 2.45) is 0 Å². The summed E-state index contributed by atoms with van der Waals surface area (Å²) < 4.78 is 12.7. The molecule has 1 aromatic rings. The molecule has 0 aliphatic rings. The second-order valence-corrected chi connectivity index (χ2v) is 2.95. The lowest BCUT2D eigenvalue weighted by Crippen LogP contribution is -1.97. The summed E-state index contributed by atoms with van der Waals surface area (Å²) in [5.74, 6) is 0.00647. The van der Waals surface area contributed by atoms with E-state index >= 15 is 0 Å². The van der Waals surface area contributed by atoms with E-state index in [1.165, 1.54) is 12.1 Å². The largest absolute Gasteiger partial charge is 0.272 e. The lowest BCUT2D eigenvalue weighted by molar-refractivity contribution is -0.385. The van der Waals surface area contributed by atoms with Crippen LogP contribution in [-0.4, -0.2) is 10.7 Å². The van der Waals surface area contributed by atoms with Crippen LogP contribution in [0.5, 0.6) is 0 Å². The van der Waals surface area contributed by atoms with E-state index in [1.54, 1.807) is 0 Å². The molecule has 3 nitrogen and oxygen atoms in total. The zero-order valence-electron chi connectivity index (χ0n) is 6.74. The first-order valence-corrected chi connectivity index (χ1v) is 4.32. The van der Waals surface area contributed by atoms with E-state index in [2.05, 4.69) is 12.6 Å². The Morgan fingerprint density at radius 3 is 2.77 bits per heavy atom. The van der Waals surface area contributed by atoms with Gasteiger partial charge in [0.1, 0.15) is 5.82 Å². The van der Waals surface area contributed by atoms with Crippen molar-refractivity contribution >= 4 is 18.3 Å². The number of thiol groups is 1. The second-order valence-electron chi connectivity index (χ2n) is 2.50. The number of hydrogen-bond donors (Lipinski definition) is 1. The fourth-order valence-electron chi connectivity index (χ4n) is 1.05. The molecule has 0 aliphatic heterocycles. The smallest absolute Gasteiger partial charge is 0.258 e. The van der Waals surface area contributed by atoms with Gasteiger partial charge in [-0.3, -0.25) is 10.1 Å². The minimum absolute atomic E-state index is 0.0459. The highest BCUT2D eigenvalue weighted by molar-refractivity contribution is 7.80. The summed E-state index contributed by atoms with van der Waals surface area (Å²) in [6.07, 6.45) is 0.400. The molecule has 0 radical (unpaired) electrons. The zero-order chi connectivity index (χ0) is 9.84. The van der Waals surface area contributed by atoms with Crippen LogP contribution in [0.3, 0.4) is 0 Å². The minimum Gasteiger partial charge on any atom is -0.258 e. The molecular weight excluding hydrogens is 193 g/mol. The molecule has 0 atom stereocenters. The first kappa shape index (κ1) is 9.98. The van der Waals surface area contributed by atoms with Crippen LogP contribution >= 0.6 is 12.6 Å². The van der Waals surface area contributed by atoms with Gasteiger partial charge in [0.2, 0.25) is 0 Å². The summed E-state index contributed by atoms with van der Waals surface area (Å²) in [6.45, 7) is 0. The van der Waals surface area contributed by atoms with Crippen LogP contribution in [0, 0.1) is 15.9 Å². The van der Waals surface area contributed by atoms with Crippen LogP contribution < -0.4 is 0 Å². The monoisotopic (exact) mass is 201 g/mol. The molecule has 0 heterocycles. The molecule has 70 valence electrons. The van der Waals surface area contributed by atoms with Gasteiger partial charge in [0, 0.05) is 11.6 Å². The van der Waals surface area contributed by atoms with Gasteiger partial charge in [-0.1, -0.05) is 0 Å². The topological polar surface area (TPSA) is 43.1 Å². The van der Waals surface area contributed by atoms with Gasteiger partial charge in [-0.2, -0.15) is 12.6 Å². The Morgan fingerprint density at radius 2 is 2.23 bits per heavy atom. The van der Waals surface area contributed by atoms with E-state index in [1.807, 2.05) is 0 Å². The average Bonchev–Trinajstić information content (AvgIpc) is 2.04. The minimum atomic E-state index is -0.516. The first-order valence-electron chi connectivity index (χ1n) is 3.69. The Bertz CT molecular complexity index is 330. The number of rotatable bonds is 3. The Kier molecular flexibility index (Phi) is 3.25. The van der Waals surface area contributed by atoms with Crippen molar-refractivity contribution in [1.29, 1.82) is 0 Å². The Hall–Kier alpha value is -1.10. The van der Waals surface area contributed by atoms with Crippen molar-refractivity contribution < 1.29 is 9.31 Å². The molecule has 0 saturated carbocycles. The van der Waals surface area contributed by atoms with Crippen LogP contribution in [0.25, 0.3) is 0 Å². The molecule has 0 aliphatic carbocycles. The number of benzene rings is 1. The zero-order valence-corrected chi connectivity index (χ0v) is 7.63. The van der Waals surface area contributed by atoms with Gasteiger partial charge < -0.3 is 0 Å². The average molecular weight is 201 g/mol. The molecule has 0 N–H and O–H groups in total. The molecule has 0 bridgehead atoms. The fourth-order valence-corrected chi connectivity index (χ4v) is 1.29. The van der Waals surface area contributed by atoms with Crippen LogP contribution in [-0.2, 0) is 6.42 Å². The van der Waals surface area contributed by atoms with E-state index in [9.17, 15) is 14.5 Å². The summed E-state index contributed by atoms with van der Waals surface area (Å²) in [4.78, 5) is 9.95. The Labute approximate surface area is 80.1 Å². The fraction of sp³-hybridized carbons (Fsp3) is 0.250. The third-order valence-corrected chi connectivity index (χ3v) is 1.84. The van der Waals surface area contributed by atoms with E-state index in [-0.39, 0.29) is 5.69 Å². The van der Waals surface area contributed by atoms with Gasteiger partial charge in [-0.05, 0) is 24.3 Å². The number of nitrogens with zero attached hydrogens (tertiary/aromatic N) is 1. The number of nitro benzene ring substituents is 1. The summed E-state index contributed by atoms with van der Waals surface area (Å²) in [6, 6.07) is 3.43. The highest BCUT2D eigenvalue weighted by atomic mass is 32.1. The maximum absolute atomic E-state index is 12.7. The Balaban J connectivity index is 3.10. The van der Waals surface area contributed by atoms with E-state index in [0.717, 1.165) is 6.07 Å². The Morgan fingerprint density at radius 1 is 1.54 bits per heavy atom. The second kappa shape index (κ2) is 4.23. The van der Waals surface area contributed by atoms with Gasteiger partial charge in [-0.15, -0.1) is 0 Å². The van der Waals surface area contributed by atoms with Gasteiger partial charge in [0.05, 0.1) is 4.92 Å². The van der Waals surface area contributed by atoms with Crippen molar-refractivity contribution in [3.63, 3.8) is 0 Å². The molecule has 0 saturated heterocycles. The van der Waals surface area contributed by atoms with E-state index in [0.29, 0.717) is 17.7 Å². The number of hydrogen-bond acceptors (Lipinski definition) is 3. The summed E-state index contributed by atoms with van der Waals surface area (Å²) in [5.41, 5.74) is 0.343. The van der Waals surface area contributed by atoms with Gasteiger partial charge >= 0.3 is 0 Å². The first-order chi connectivity index (χ1) is 6.15. The summed E-state index contributed by atoms with van der Waals surface area (Å²) in [7, 11) is 0. The third kappa shape index (κ3) is 2.42. The van der Waals surface area contributed by atoms with E-state index in [4.69, 9.17) is 0 Å². The molecule has 0 unspecified atom stereocenters. The molecule has 1 aromatic carbocycles. The predicted molar refractivity (Wildman–Crippen MR) is 50.6 cm³/mol. The highest BCUT2D eigenvalue weighted by Crippen LogP contribution is 2.20. The van der Waals surface area contributed by atoms with Crippen LogP contribution in [0.15, 0.2) is 18.2 Å². The lowest BCUT2D eigenvalue weighted by atomic mass is 10.1. The van der Waals surface area contributed by atoms with E-state index < -0.39 is 10.7 Å². The van der Waals surface area contributed by atoms with Crippen LogP contribution in [0.4, 0.5) is 10.1 Å². The van der Waals surface area contributed by atoms with Crippen molar-refractivity contribution in [2.45, 2.75) is 6.42 Å². The quantitative estimate of drug-likeness (QED) is 0.463. The van der Waals surface area contributed by atoms with Crippen LogP contribution in [0.2, 0.25) is 0 Å². The maximum Gasteiger partial charge on any atom is 0.272 e. The number of aryl methyl sites for hydroxylation is 1. The van der Waals surface area contributed by atoms with Crippen molar-refractivity contribution in [3.05, 3.63) is 39.7 Å². The van der Waals surface area contributed by atoms with Crippen molar-refractivity contribution in [1.82, 2.24) is 0 Å². The number of halogens is 1. The van der Waals surface area contributed by atoms with Gasteiger partial charge in [-0.25, -0.2) is 4.39 Å². The SMILES string of the molecule is O=[N+]([O-])c1ccc(F)cc1CCS. The van der Waals surface area contributed by atoms with Crippen molar-refractivity contribution in [2.75, 3.05) is 5.75 Å². The highest BCUT2D eigenvalue weighted by Gasteiger charge is 2.12. The molecule has 13 heavy (non-hydrogen) atoms. The lowest BCUT2D eigenvalue weighted by Gasteiger charge is -1.99. The molecule has 0 amide bonds. The third-order valence-electron chi connectivity index (χ3n) is 1.62. The summed E-state index contributed by atoms with van der Waals surface area (Å²) in [5, 5.41) is 10.5. The van der Waals surface area contributed by atoms with Crippen LogP contribution in [0.1, 0.15) is 5.56 Å².